The van der Waals surface area contributed by atoms with Crippen LogP contribution in [0.25, 0.3) is 0 Å². The van der Waals surface area contributed by atoms with Gasteiger partial charge in [-0.15, -0.1) is 0 Å². The molecule has 0 amide bonds. The summed E-state index contributed by atoms with van der Waals surface area (Å²) in [7, 11) is 0. The van der Waals surface area contributed by atoms with Gasteiger partial charge in [-0.2, -0.15) is 0 Å². The number of hydrogen-bond donors (Lipinski definition) is 1. The van der Waals surface area contributed by atoms with Crippen LogP contribution in [-0.2, 0) is 19.1 Å². The van der Waals surface area contributed by atoms with Crippen molar-refractivity contribution in [3.63, 3.8) is 0 Å². The Morgan fingerprint density at radius 1 is 1.22 bits per heavy atom. The Morgan fingerprint density at radius 3 is 2.48 bits per heavy atom. The highest BCUT2D eigenvalue weighted by molar-refractivity contribution is 5.81. The van der Waals surface area contributed by atoms with Gasteiger partial charge in [0.2, 0.25) is 0 Å². The van der Waals surface area contributed by atoms with Gasteiger partial charge in [-0.1, -0.05) is 12.1 Å². The number of esters is 2. The number of nitrogens with zero attached hydrogens (tertiary/aromatic N) is 1. The summed E-state index contributed by atoms with van der Waals surface area (Å²) in [5, 5.41) is 13.8. The fourth-order valence-corrected chi connectivity index (χ4v) is 1.93. The summed E-state index contributed by atoms with van der Waals surface area (Å²) in [6.07, 6.45) is 0.120. The number of nitro groups is 1. The van der Waals surface area contributed by atoms with Crippen LogP contribution >= 0.6 is 0 Å². The first-order valence-corrected chi connectivity index (χ1v) is 7.31. The van der Waals surface area contributed by atoms with E-state index in [1.54, 1.807) is 19.9 Å². The van der Waals surface area contributed by atoms with Gasteiger partial charge >= 0.3 is 11.9 Å². The zero-order valence-electron chi connectivity index (χ0n) is 13.1. The first kappa shape index (κ1) is 18.4. The number of ether oxygens (including phenoxy) is 2. The van der Waals surface area contributed by atoms with Crippen molar-refractivity contribution in [2.45, 2.75) is 32.7 Å². The fourth-order valence-electron chi connectivity index (χ4n) is 1.93. The first-order valence-electron chi connectivity index (χ1n) is 7.31. The van der Waals surface area contributed by atoms with Crippen LogP contribution in [0, 0.1) is 10.1 Å². The third kappa shape index (κ3) is 5.93. The highest BCUT2D eigenvalue weighted by Gasteiger charge is 2.24. The number of nitro benzene ring substituents is 1. The molecule has 1 aromatic rings. The summed E-state index contributed by atoms with van der Waals surface area (Å²) in [6, 6.07) is 5.09. The first-order chi connectivity index (χ1) is 11.0. The number of benzene rings is 1. The van der Waals surface area contributed by atoms with Gasteiger partial charge in [0.1, 0.15) is 11.7 Å². The third-order valence-electron chi connectivity index (χ3n) is 2.94. The Hall–Kier alpha value is -2.64. The molecule has 1 rings (SSSR count). The minimum absolute atomic E-state index is 0.00491. The second-order valence-electron chi connectivity index (χ2n) is 4.57. The molecule has 8 nitrogen and oxygen atoms in total. The van der Waals surface area contributed by atoms with Gasteiger partial charge in [-0.05, 0) is 26.3 Å². The summed E-state index contributed by atoms with van der Waals surface area (Å²) < 4.78 is 9.76. The van der Waals surface area contributed by atoms with E-state index < -0.39 is 22.9 Å². The average molecular weight is 324 g/mol. The Morgan fingerprint density at radius 2 is 1.87 bits per heavy atom. The molecular weight excluding hydrogens is 304 g/mol. The van der Waals surface area contributed by atoms with Crippen LogP contribution < -0.4 is 5.32 Å². The SMILES string of the molecule is CCOC(=O)CC[C@H](Nc1ccccc1[N+](=O)[O-])C(=O)OCC. The van der Waals surface area contributed by atoms with E-state index >= 15 is 0 Å². The summed E-state index contributed by atoms with van der Waals surface area (Å²) in [5.41, 5.74) is 0.0392. The standard InChI is InChI=1S/C15H20N2O6/c1-3-22-14(18)10-9-12(15(19)23-4-2)16-11-7-5-6-8-13(11)17(20)21/h5-8,12,16H,3-4,9-10H2,1-2H3/t12-/m0/s1. The molecule has 0 bridgehead atoms. The van der Waals surface area contributed by atoms with Crippen LogP contribution in [0.5, 0.6) is 0 Å². The number of para-hydroxylation sites is 2. The molecule has 1 atom stereocenters. The lowest BCUT2D eigenvalue weighted by Crippen LogP contribution is -2.32. The molecule has 0 aromatic heterocycles. The second kappa shape index (κ2) is 9.39. The van der Waals surface area contributed by atoms with E-state index in [2.05, 4.69) is 5.32 Å². The van der Waals surface area contributed by atoms with Crippen molar-refractivity contribution < 1.29 is 24.0 Å². The van der Waals surface area contributed by atoms with Crippen molar-refractivity contribution in [3.8, 4) is 0 Å². The number of rotatable bonds is 9. The van der Waals surface area contributed by atoms with E-state index in [0.717, 1.165) is 0 Å². The van der Waals surface area contributed by atoms with Gasteiger partial charge in [0.05, 0.1) is 18.1 Å². The number of carbonyl (C=O) groups is 2. The molecule has 0 radical (unpaired) electrons. The monoisotopic (exact) mass is 324 g/mol. The maximum Gasteiger partial charge on any atom is 0.328 e. The molecule has 1 aromatic carbocycles. The molecule has 0 unspecified atom stereocenters. The average Bonchev–Trinajstić information content (AvgIpc) is 2.52. The van der Waals surface area contributed by atoms with E-state index in [0.29, 0.717) is 0 Å². The van der Waals surface area contributed by atoms with Crippen LogP contribution in [0.15, 0.2) is 24.3 Å². The van der Waals surface area contributed by atoms with Crippen LogP contribution in [0.4, 0.5) is 11.4 Å². The van der Waals surface area contributed by atoms with Gasteiger partial charge in [-0.3, -0.25) is 14.9 Å². The predicted octanol–water partition coefficient (Wildman–Crippen LogP) is 2.28. The van der Waals surface area contributed by atoms with E-state index in [-0.39, 0.29) is 37.4 Å². The highest BCUT2D eigenvalue weighted by Crippen LogP contribution is 2.25. The Bertz CT molecular complexity index is 561. The van der Waals surface area contributed by atoms with E-state index in [1.807, 2.05) is 0 Å². The molecule has 8 heteroatoms. The third-order valence-corrected chi connectivity index (χ3v) is 2.94. The van der Waals surface area contributed by atoms with Crippen molar-refractivity contribution >= 4 is 23.3 Å². The summed E-state index contributed by atoms with van der Waals surface area (Å²) >= 11 is 0. The normalized spacial score (nSPS) is 11.4. The van der Waals surface area contributed by atoms with Crippen molar-refractivity contribution in [1.29, 1.82) is 0 Å². The zero-order chi connectivity index (χ0) is 17.2. The fraction of sp³-hybridized carbons (Fsp3) is 0.467. The number of anilines is 1. The molecule has 0 fully saturated rings. The molecule has 0 saturated carbocycles. The summed E-state index contributed by atoms with van der Waals surface area (Å²) in [5.74, 6) is -1.01. The lowest BCUT2D eigenvalue weighted by atomic mass is 10.1. The van der Waals surface area contributed by atoms with E-state index in [4.69, 9.17) is 9.47 Å². The highest BCUT2D eigenvalue weighted by atomic mass is 16.6. The van der Waals surface area contributed by atoms with Crippen molar-refractivity contribution in [2.75, 3.05) is 18.5 Å². The van der Waals surface area contributed by atoms with Crippen LogP contribution in [0.3, 0.4) is 0 Å². The van der Waals surface area contributed by atoms with Crippen LogP contribution in [-0.4, -0.2) is 36.1 Å². The van der Waals surface area contributed by atoms with Crippen LogP contribution in [0.2, 0.25) is 0 Å². The lowest BCUT2D eigenvalue weighted by molar-refractivity contribution is -0.384. The molecule has 0 heterocycles. The van der Waals surface area contributed by atoms with Crippen molar-refractivity contribution in [2.24, 2.45) is 0 Å². The minimum Gasteiger partial charge on any atom is -0.466 e. The molecule has 0 saturated heterocycles. The molecule has 0 aliphatic rings. The Labute approximate surface area is 133 Å². The van der Waals surface area contributed by atoms with Crippen molar-refractivity contribution in [3.05, 3.63) is 34.4 Å². The molecule has 0 aliphatic heterocycles. The maximum absolute atomic E-state index is 12.0. The predicted molar refractivity (Wildman–Crippen MR) is 83.0 cm³/mol. The molecule has 126 valence electrons. The molecule has 0 spiro atoms. The smallest absolute Gasteiger partial charge is 0.328 e. The molecular formula is C15H20N2O6. The van der Waals surface area contributed by atoms with Gasteiger partial charge in [-0.25, -0.2) is 4.79 Å². The number of carbonyl (C=O) groups excluding carboxylic acids is 2. The lowest BCUT2D eigenvalue weighted by Gasteiger charge is -2.18. The van der Waals surface area contributed by atoms with Crippen molar-refractivity contribution in [1.82, 2.24) is 0 Å². The maximum atomic E-state index is 12.0. The zero-order valence-corrected chi connectivity index (χ0v) is 13.1. The number of hydrogen-bond acceptors (Lipinski definition) is 7. The Balaban J connectivity index is 2.86. The summed E-state index contributed by atoms with van der Waals surface area (Å²) in [6.45, 7) is 3.77. The molecule has 23 heavy (non-hydrogen) atoms. The topological polar surface area (TPSA) is 108 Å². The van der Waals surface area contributed by atoms with Gasteiger partial charge in [0.25, 0.3) is 5.69 Å². The second-order valence-corrected chi connectivity index (χ2v) is 4.57. The summed E-state index contributed by atoms with van der Waals surface area (Å²) in [4.78, 5) is 33.9. The van der Waals surface area contributed by atoms with E-state index in [1.165, 1.54) is 18.2 Å². The molecule has 1 N–H and O–H groups in total. The van der Waals surface area contributed by atoms with E-state index in [9.17, 15) is 19.7 Å². The largest absolute Gasteiger partial charge is 0.466 e. The van der Waals surface area contributed by atoms with Crippen LogP contribution in [0.1, 0.15) is 26.7 Å². The molecule has 0 aliphatic carbocycles. The Kier molecular flexibility index (Phi) is 7.52. The van der Waals surface area contributed by atoms with Gasteiger partial charge in [0.15, 0.2) is 0 Å². The number of nitrogens with one attached hydrogen (secondary N) is 1. The van der Waals surface area contributed by atoms with Gasteiger partial charge in [0, 0.05) is 12.5 Å². The van der Waals surface area contributed by atoms with Gasteiger partial charge < -0.3 is 14.8 Å². The quantitative estimate of drug-likeness (QED) is 0.422. The minimum atomic E-state index is -0.875.